The first-order valence-electron chi connectivity index (χ1n) is 17.9. The molecule has 9 nitrogen and oxygen atoms in total. The highest BCUT2D eigenvalue weighted by Crippen LogP contribution is 2.58. The lowest BCUT2D eigenvalue weighted by Gasteiger charge is -2.36. The van der Waals surface area contributed by atoms with E-state index in [1.807, 2.05) is 59.7 Å². The normalized spacial score (nSPS) is 21.5. The van der Waals surface area contributed by atoms with Crippen LogP contribution >= 0.6 is 23.2 Å². The van der Waals surface area contributed by atoms with E-state index in [-0.39, 0.29) is 42.9 Å². The number of carboxylic acid groups (broad SMARTS) is 2. The number of halogens is 2. The Morgan fingerprint density at radius 3 is 2.45 bits per heavy atom. The summed E-state index contributed by atoms with van der Waals surface area (Å²) in [7, 11) is 0. The summed E-state index contributed by atoms with van der Waals surface area (Å²) in [5, 5.41) is 37.6. The molecule has 0 saturated heterocycles. The van der Waals surface area contributed by atoms with Crippen molar-refractivity contribution in [1.82, 2.24) is 0 Å². The number of allylic oxidation sites excluding steroid dienone is 4. The van der Waals surface area contributed by atoms with Crippen LogP contribution in [0.2, 0.25) is 10.0 Å². The Hall–Kier alpha value is -5.74. The summed E-state index contributed by atoms with van der Waals surface area (Å²) in [6.45, 7) is 5.73. The van der Waals surface area contributed by atoms with E-state index in [0.29, 0.717) is 40.6 Å². The molecule has 2 atom stereocenters. The van der Waals surface area contributed by atoms with Gasteiger partial charge in [-0.05, 0) is 79.1 Å². The van der Waals surface area contributed by atoms with Crippen LogP contribution in [0.5, 0.6) is 0 Å². The molecule has 4 aromatic rings. The maximum Gasteiger partial charge on any atom is 0.309 e. The molecule has 11 heteroatoms. The summed E-state index contributed by atoms with van der Waals surface area (Å²) in [6, 6.07) is 23.7. The molecule has 1 spiro atoms. The molecule has 0 amide bonds. The number of anilines is 1. The van der Waals surface area contributed by atoms with Crippen molar-refractivity contribution < 1.29 is 24.4 Å². The Bertz CT molecular complexity index is 2560. The van der Waals surface area contributed by atoms with Crippen LogP contribution in [0.1, 0.15) is 68.7 Å². The zero-order chi connectivity index (χ0) is 39.2. The van der Waals surface area contributed by atoms with E-state index in [9.17, 15) is 30.0 Å². The van der Waals surface area contributed by atoms with Gasteiger partial charge in [-0.2, -0.15) is 9.84 Å². The number of fused-ring (bicyclic) bond motifs is 7. The molecule has 4 aromatic carbocycles. The standard InChI is InChI=1S/C44H36Cl2N4O5/c1-4-5-17-43(3)33-22-34(45)35(46)23-37(33)49(19-15-38(51)52)41(43)31(25-47)42-44(18-14-26(2)30-21-27(24-44)10-13-36(30)48-55)32-12-11-28-8-6-7-9-29(28)40(32)50(42)20-16-39(53)54/h6-14,21-23H,15-20,24H2,1-3H3,(H-,51,52,53,54)/p+1/b26-14-. The molecule has 276 valence electrons. The van der Waals surface area contributed by atoms with E-state index in [1.54, 1.807) is 25.1 Å². The molecular weight excluding hydrogens is 735 g/mol. The quantitative estimate of drug-likeness (QED) is 0.0749. The van der Waals surface area contributed by atoms with Gasteiger partial charge in [-0.25, -0.2) is 0 Å². The van der Waals surface area contributed by atoms with Crippen molar-refractivity contribution in [2.24, 2.45) is 5.18 Å². The fourth-order valence-electron chi connectivity index (χ4n) is 8.83. The lowest BCUT2D eigenvalue weighted by atomic mass is 9.67. The third-order valence-corrected chi connectivity index (χ3v) is 12.0. The molecule has 2 bridgehead atoms. The second-order valence-electron chi connectivity index (χ2n) is 14.5. The van der Waals surface area contributed by atoms with Gasteiger partial charge in [0.25, 0.3) is 0 Å². The summed E-state index contributed by atoms with van der Waals surface area (Å²) in [5.41, 5.74) is 5.48. The zero-order valence-electron chi connectivity index (χ0n) is 30.5. The van der Waals surface area contributed by atoms with E-state index in [4.69, 9.17) is 23.2 Å². The predicted octanol–water partition coefficient (Wildman–Crippen LogP) is 9.85. The maximum atomic E-state index is 12.4. The number of aliphatic carboxylic acids is 2. The topological polar surface area (TPSA) is 134 Å². The van der Waals surface area contributed by atoms with Crippen LogP contribution in [-0.2, 0) is 26.8 Å². The Balaban J connectivity index is 1.66. The summed E-state index contributed by atoms with van der Waals surface area (Å²) >= 11 is 13.3. The molecule has 2 aliphatic heterocycles. The van der Waals surface area contributed by atoms with Gasteiger partial charge in [0.15, 0.2) is 6.54 Å². The van der Waals surface area contributed by atoms with Gasteiger partial charge in [0.05, 0.1) is 33.3 Å². The number of benzene rings is 4. The van der Waals surface area contributed by atoms with Crippen LogP contribution in [-0.4, -0.2) is 45.5 Å². The summed E-state index contributed by atoms with van der Waals surface area (Å²) in [5.74, 6) is 4.23. The van der Waals surface area contributed by atoms with Gasteiger partial charge in [0.1, 0.15) is 23.8 Å². The van der Waals surface area contributed by atoms with Crippen molar-refractivity contribution >= 4 is 74.3 Å². The van der Waals surface area contributed by atoms with E-state index >= 15 is 0 Å². The second-order valence-corrected chi connectivity index (χ2v) is 15.3. The number of nitrogens with zero attached hydrogens (tertiary/aromatic N) is 4. The van der Waals surface area contributed by atoms with Crippen LogP contribution in [0.3, 0.4) is 0 Å². The maximum absolute atomic E-state index is 12.4. The Kier molecular flexibility index (Phi) is 9.90. The van der Waals surface area contributed by atoms with Crippen molar-refractivity contribution in [3.05, 3.63) is 121 Å². The van der Waals surface area contributed by atoms with E-state index in [0.717, 1.165) is 44.3 Å². The highest BCUT2D eigenvalue weighted by Gasteiger charge is 2.56. The van der Waals surface area contributed by atoms with Gasteiger partial charge in [-0.1, -0.05) is 71.7 Å². The molecule has 0 aromatic heterocycles. The molecule has 55 heavy (non-hydrogen) atoms. The first-order valence-corrected chi connectivity index (χ1v) is 18.7. The minimum Gasteiger partial charge on any atom is -0.481 e. The molecule has 0 fully saturated rings. The zero-order valence-corrected chi connectivity index (χ0v) is 32.1. The largest absolute Gasteiger partial charge is 0.481 e. The Morgan fingerprint density at radius 1 is 1.00 bits per heavy atom. The van der Waals surface area contributed by atoms with Gasteiger partial charge in [-0.3, -0.25) is 9.59 Å². The van der Waals surface area contributed by atoms with E-state index in [1.165, 1.54) is 0 Å². The number of nitriles is 1. The summed E-state index contributed by atoms with van der Waals surface area (Å²) in [4.78, 5) is 38.5. The average molecular weight is 773 g/mol. The Morgan fingerprint density at radius 2 is 1.75 bits per heavy atom. The summed E-state index contributed by atoms with van der Waals surface area (Å²) < 4.78 is 1.87. The SMILES string of the molecule is CC#CCC1(C)C(/C(C#N)=C2/N(CCC(=O)O)c3c(ccc4ccccc34)C23C/C=C(/C)c2cc(ccc2N=O)C3)=[N+](CCC(=O)O)c2cc(Cl)c(Cl)cc21. The Labute approximate surface area is 328 Å². The van der Waals surface area contributed by atoms with E-state index < -0.39 is 22.8 Å². The average Bonchev–Trinajstić information content (AvgIpc) is 3.56. The lowest BCUT2D eigenvalue weighted by molar-refractivity contribution is -0.437. The molecule has 0 radical (unpaired) electrons. The molecule has 3 aliphatic rings. The predicted molar refractivity (Wildman–Crippen MR) is 216 cm³/mol. The fraction of sp³-hybridized carbons (Fsp3) is 0.273. The number of carboxylic acids is 2. The van der Waals surface area contributed by atoms with Crippen molar-refractivity contribution in [1.29, 1.82) is 5.26 Å². The van der Waals surface area contributed by atoms with Crippen LogP contribution in [0, 0.1) is 28.1 Å². The van der Waals surface area contributed by atoms with Gasteiger partial charge >= 0.3 is 11.9 Å². The molecular formula is C44H37Cl2N4O5+. The summed E-state index contributed by atoms with van der Waals surface area (Å²) in [6.07, 6.45) is 2.67. The number of rotatable bonds is 9. The number of hydrogen-bond acceptors (Lipinski definition) is 6. The van der Waals surface area contributed by atoms with Gasteiger partial charge in [0.2, 0.25) is 11.4 Å². The van der Waals surface area contributed by atoms with Gasteiger partial charge < -0.3 is 15.1 Å². The van der Waals surface area contributed by atoms with Crippen molar-refractivity contribution in [2.75, 3.05) is 18.0 Å². The monoisotopic (exact) mass is 771 g/mol. The molecule has 2 N–H and O–H groups in total. The third kappa shape index (κ3) is 6.18. The van der Waals surface area contributed by atoms with Crippen molar-refractivity contribution in [3.63, 3.8) is 0 Å². The molecule has 7 rings (SSSR count). The first kappa shape index (κ1) is 37.6. The van der Waals surface area contributed by atoms with Crippen LogP contribution in [0.15, 0.2) is 89.3 Å². The minimum absolute atomic E-state index is 0.0176. The number of nitroso groups, excluding NO2 is 1. The highest BCUT2D eigenvalue weighted by atomic mass is 35.5. The number of hydrogen-bond donors (Lipinski definition) is 2. The van der Waals surface area contributed by atoms with Crippen molar-refractivity contribution in [3.8, 4) is 17.9 Å². The first-order chi connectivity index (χ1) is 26.4. The number of carbonyl (C=O) groups is 2. The molecule has 2 unspecified atom stereocenters. The lowest BCUT2D eigenvalue weighted by Crippen LogP contribution is -2.41. The third-order valence-electron chi connectivity index (χ3n) is 11.3. The minimum atomic E-state index is -1.02. The van der Waals surface area contributed by atoms with Crippen LogP contribution < -0.4 is 4.90 Å². The molecule has 1 aliphatic carbocycles. The van der Waals surface area contributed by atoms with Gasteiger partial charge in [-0.15, -0.1) is 16.7 Å². The second kappa shape index (κ2) is 14.5. The van der Waals surface area contributed by atoms with Crippen molar-refractivity contribution in [2.45, 2.75) is 63.7 Å². The highest BCUT2D eigenvalue weighted by molar-refractivity contribution is 6.42. The van der Waals surface area contributed by atoms with E-state index in [2.05, 4.69) is 41.3 Å². The molecule has 0 saturated carbocycles. The van der Waals surface area contributed by atoms with Gasteiger partial charge in [0, 0.05) is 41.0 Å². The fourth-order valence-corrected chi connectivity index (χ4v) is 9.15. The van der Waals surface area contributed by atoms with Crippen LogP contribution in [0.25, 0.3) is 16.3 Å². The smallest absolute Gasteiger partial charge is 0.309 e. The van der Waals surface area contributed by atoms with Crippen LogP contribution in [0.4, 0.5) is 17.1 Å². The molecule has 2 heterocycles.